The standard InChI is InChI=1S/C40H45N9O6S/c1-19(2)30(46-39(52)53)37(50)48-14-6-8-27(48)35-42-24-12-10-21-16-26(41-18-23(21)32(24)44-35)29-17-22-11-13-25-33(34(22)56-29)45-36(43-25)28-9-7-15-49(28)38(51)31(20(3)4)47-40(54)55-5/h10-13,16-20,27-28,30-31,41,46H,6-9,14-15H2,1-5H3,(H,43,45)(H,47,54)(H,52,53)/t27-,28-,30-,31-/m0/s1. The highest BCUT2D eigenvalue weighted by atomic mass is 32.1. The number of nitrogens with one attached hydrogen (secondary N) is 4. The molecule has 292 valence electrons. The van der Waals surface area contributed by atoms with Gasteiger partial charge in [-0.2, -0.15) is 0 Å². The molecule has 0 saturated carbocycles. The van der Waals surface area contributed by atoms with Gasteiger partial charge in [-0.05, 0) is 72.6 Å². The van der Waals surface area contributed by atoms with Gasteiger partial charge in [-0.15, -0.1) is 11.3 Å². The van der Waals surface area contributed by atoms with E-state index >= 15 is 0 Å². The van der Waals surface area contributed by atoms with Crippen molar-refractivity contribution in [3.8, 4) is 10.6 Å². The highest BCUT2D eigenvalue weighted by Crippen LogP contribution is 2.40. The Labute approximate surface area is 326 Å². The van der Waals surface area contributed by atoms with E-state index in [2.05, 4.69) is 38.8 Å². The summed E-state index contributed by atoms with van der Waals surface area (Å²) in [4.78, 5) is 77.2. The van der Waals surface area contributed by atoms with E-state index in [0.717, 1.165) is 78.6 Å². The maximum atomic E-state index is 13.7. The van der Waals surface area contributed by atoms with Crippen LogP contribution in [-0.4, -0.2) is 96.1 Å². The lowest BCUT2D eigenvalue weighted by atomic mass is 10.0. The number of amides is 4. The molecule has 0 unspecified atom stereocenters. The maximum absolute atomic E-state index is 13.7. The van der Waals surface area contributed by atoms with Gasteiger partial charge < -0.3 is 40.2 Å². The molecule has 4 aromatic heterocycles. The number of carbonyl (C=O) groups excluding carboxylic acids is 3. The minimum atomic E-state index is -1.22. The van der Waals surface area contributed by atoms with E-state index in [1.807, 2.05) is 57.0 Å². The van der Waals surface area contributed by atoms with Gasteiger partial charge in [0.2, 0.25) is 11.8 Å². The van der Waals surface area contributed by atoms with Gasteiger partial charge in [0.15, 0.2) is 5.82 Å². The topological polar surface area (TPSA) is 199 Å². The Morgan fingerprint density at radius 2 is 1.54 bits per heavy atom. The normalized spacial score (nSPS) is 18.5. The highest BCUT2D eigenvalue weighted by molar-refractivity contribution is 7.23. The molecule has 2 saturated heterocycles. The number of fused-ring (bicyclic) bond motifs is 6. The van der Waals surface area contributed by atoms with Gasteiger partial charge in [-0.3, -0.25) is 9.59 Å². The van der Waals surface area contributed by atoms with Crippen LogP contribution >= 0.6 is 11.3 Å². The van der Waals surface area contributed by atoms with E-state index < -0.39 is 24.3 Å². The van der Waals surface area contributed by atoms with E-state index in [9.17, 15) is 24.3 Å². The lowest BCUT2D eigenvalue weighted by molar-refractivity contribution is -0.136. The molecule has 0 bridgehead atoms. The first-order valence-corrected chi connectivity index (χ1v) is 19.9. The predicted octanol–water partition coefficient (Wildman–Crippen LogP) is 6.87. The molecule has 56 heavy (non-hydrogen) atoms. The van der Waals surface area contributed by atoms with E-state index in [4.69, 9.17) is 19.7 Å². The van der Waals surface area contributed by atoms with Gasteiger partial charge in [0, 0.05) is 24.7 Å². The number of likely N-dealkylation sites (tertiary alicyclic amines) is 2. The molecule has 6 heterocycles. The molecule has 4 atom stereocenters. The second kappa shape index (κ2) is 14.7. The number of benzene rings is 2. The average Bonchev–Trinajstić information content (AvgIpc) is 4.02. The number of aromatic nitrogens is 5. The van der Waals surface area contributed by atoms with Gasteiger partial charge in [0.25, 0.3) is 0 Å². The van der Waals surface area contributed by atoms with Crippen molar-refractivity contribution in [2.45, 2.75) is 77.5 Å². The Balaban J connectivity index is 1.07. The summed E-state index contributed by atoms with van der Waals surface area (Å²) in [5.74, 6) is 0.560. The van der Waals surface area contributed by atoms with Crippen LogP contribution in [0, 0.1) is 11.8 Å². The smallest absolute Gasteiger partial charge is 0.407 e. The molecule has 8 rings (SSSR count). The molecule has 0 aliphatic carbocycles. The van der Waals surface area contributed by atoms with Gasteiger partial charge in [0.05, 0.1) is 45.5 Å². The summed E-state index contributed by atoms with van der Waals surface area (Å²) in [5, 5.41) is 17.4. The molecule has 15 nitrogen and oxygen atoms in total. The van der Waals surface area contributed by atoms with Crippen molar-refractivity contribution in [3.63, 3.8) is 0 Å². The number of nitrogens with zero attached hydrogens (tertiary/aromatic N) is 5. The number of H-pyrrole nitrogens is 2. The molecule has 5 N–H and O–H groups in total. The predicted molar refractivity (Wildman–Crippen MR) is 213 cm³/mol. The fourth-order valence-electron chi connectivity index (χ4n) is 8.19. The van der Waals surface area contributed by atoms with Crippen LogP contribution in [0.15, 0.2) is 42.6 Å². The van der Waals surface area contributed by atoms with E-state index in [-0.39, 0.29) is 35.7 Å². The third-order valence-electron chi connectivity index (χ3n) is 11.1. The van der Waals surface area contributed by atoms with Crippen LogP contribution in [0.3, 0.4) is 0 Å². The van der Waals surface area contributed by atoms with Crippen molar-refractivity contribution < 1.29 is 29.0 Å². The lowest BCUT2D eigenvalue weighted by Crippen LogP contribution is -2.51. The van der Waals surface area contributed by atoms with Crippen LogP contribution in [0.4, 0.5) is 9.59 Å². The second-order valence-corrected chi connectivity index (χ2v) is 16.4. The first kappa shape index (κ1) is 37.2. The number of pyridine rings is 1. The summed E-state index contributed by atoms with van der Waals surface area (Å²) in [6.07, 6.45) is 3.18. The Morgan fingerprint density at radius 1 is 0.857 bits per heavy atom. The van der Waals surface area contributed by atoms with Crippen LogP contribution in [-0.2, 0) is 14.3 Å². The summed E-state index contributed by atoms with van der Waals surface area (Å²) < 4.78 is 5.82. The van der Waals surface area contributed by atoms with Gasteiger partial charge in [-0.1, -0.05) is 39.8 Å². The van der Waals surface area contributed by atoms with Crippen LogP contribution < -0.4 is 10.6 Å². The molecule has 2 aromatic carbocycles. The van der Waals surface area contributed by atoms with Crippen molar-refractivity contribution in [3.05, 3.63) is 54.2 Å². The van der Waals surface area contributed by atoms with Crippen molar-refractivity contribution in [1.29, 1.82) is 0 Å². The number of hydrogen-bond donors (Lipinski definition) is 5. The molecular formula is C40H45N9O6S. The highest BCUT2D eigenvalue weighted by Gasteiger charge is 2.39. The zero-order chi connectivity index (χ0) is 39.4. The molecule has 2 aliphatic rings. The zero-order valence-electron chi connectivity index (χ0n) is 31.9. The molecule has 0 spiro atoms. The lowest BCUT2D eigenvalue weighted by Gasteiger charge is -2.29. The first-order valence-electron chi connectivity index (χ1n) is 19.1. The average molecular weight is 780 g/mol. The Kier molecular flexibility index (Phi) is 9.76. The monoisotopic (exact) mass is 779 g/mol. The van der Waals surface area contributed by atoms with Gasteiger partial charge >= 0.3 is 12.2 Å². The number of hydrogen-bond acceptors (Lipinski definition) is 9. The zero-order valence-corrected chi connectivity index (χ0v) is 32.7. The number of rotatable bonds is 9. The van der Waals surface area contributed by atoms with Gasteiger partial charge in [0.1, 0.15) is 28.9 Å². The quantitative estimate of drug-likeness (QED) is 0.104. The number of carbonyl (C=O) groups is 4. The van der Waals surface area contributed by atoms with E-state index in [1.165, 1.54) is 7.11 Å². The largest absolute Gasteiger partial charge is 0.465 e. The van der Waals surface area contributed by atoms with Crippen LogP contribution in [0.25, 0.3) is 53.5 Å². The molecule has 6 aromatic rings. The third-order valence-corrected chi connectivity index (χ3v) is 12.3. The maximum Gasteiger partial charge on any atom is 0.407 e. The van der Waals surface area contributed by atoms with Crippen LogP contribution in [0.2, 0.25) is 0 Å². The van der Waals surface area contributed by atoms with Crippen LogP contribution in [0.5, 0.6) is 0 Å². The summed E-state index contributed by atoms with van der Waals surface area (Å²) in [5.41, 5.74) is 4.15. The number of imidazole rings is 2. The Hall–Kier alpha value is -5.77. The van der Waals surface area contributed by atoms with Crippen molar-refractivity contribution in [1.82, 2.24) is 45.4 Å². The summed E-state index contributed by atoms with van der Waals surface area (Å²) >= 11 is 1.64. The summed E-state index contributed by atoms with van der Waals surface area (Å²) in [6, 6.07) is 10.2. The van der Waals surface area contributed by atoms with Gasteiger partial charge in [-0.25, -0.2) is 24.5 Å². The molecule has 4 amide bonds. The second-order valence-electron chi connectivity index (χ2n) is 15.4. The number of thiophene rings is 1. The van der Waals surface area contributed by atoms with Crippen molar-refractivity contribution in [2.75, 3.05) is 20.2 Å². The Morgan fingerprint density at radius 3 is 2.23 bits per heavy atom. The molecule has 2 fully saturated rings. The van der Waals surface area contributed by atoms with Crippen molar-refractivity contribution in [2.24, 2.45) is 11.8 Å². The first-order chi connectivity index (χ1) is 26.9. The minimum Gasteiger partial charge on any atom is -0.465 e. The van der Waals surface area contributed by atoms with E-state index in [0.29, 0.717) is 25.3 Å². The van der Waals surface area contributed by atoms with Crippen LogP contribution in [0.1, 0.15) is 77.1 Å². The van der Waals surface area contributed by atoms with E-state index in [1.54, 1.807) is 16.2 Å². The molecule has 0 radical (unpaired) electrons. The summed E-state index contributed by atoms with van der Waals surface area (Å²) in [6.45, 7) is 8.56. The third kappa shape index (κ3) is 6.65. The van der Waals surface area contributed by atoms with Crippen molar-refractivity contribution >= 4 is 78.3 Å². The fourth-order valence-corrected chi connectivity index (χ4v) is 9.32. The summed E-state index contributed by atoms with van der Waals surface area (Å²) in [7, 11) is 1.29. The fraction of sp³-hybridized carbons (Fsp3) is 0.425. The number of methoxy groups -OCH3 is 1. The number of carboxylic acid groups (broad SMARTS) is 1. The molecule has 16 heteroatoms. The number of alkyl carbamates (subject to hydrolysis) is 1. The molecule has 2 aliphatic heterocycles. The number of ether oxygens (including phenoxy) is 1. The minimum absolute atomic E-state index is 0.121. The SMILES string of the molecule is COC(=O)N[C@H](C(=O)N1CCC[C@H]1c1nc2c(ccc3cc(-c4cc5ccc6nc([C@@H]7CCCN7C(=O)[C@@H](NC(=O)O)C(C)C)nc6c5c[nH]4)sc32)[nH]1)C(C)C. The molecular weight excluding hydrogens is 735 g/mol. The Bertz CT molecular complexity index is 2510. The number of aromatic amines is 2.